The van der Waals surface area contributed by atoms with Gasteiger partial charge in [0.25, 0.3) is 0 Å². The lowest BCUT2D eigenvalue weighted by Gasteiger charge is -2.20. The second-order valence-corrected chi connectivity index (χ2v) is 38.0. The zero-order valence-electron chi connectivity index (χ0n) is 72.2. The highest BCUT2D eigenvalue weighted by Gasteiger charge is 2.33. The number of benzene rings is 1. The summed E-state index contributed by atoms with van der Waals surface area (Å²) >= 11 is 8.24. The molecule has 0 amide bonds. The fourth-order valence-corrected chi connectivity index (χ4v) is 23.2. The third-order valence-electron chi connectivity index (χ3n) is 23.2. The van der Waals surface area contributed by atoms with Gasteiger partial charge in [-0.3, -0.25) is 24.9 Å². The van der Waals surface area contributed by atoms with E-state index in [0.29, 0.717) is 24.2 Å². The summed E-state index contributed by atoms with van der Waals surface area (Å²) < 4.78 is 29.9. The molecule has 2 aliphatic carbocycles. The predicted molar refractivity (Wildman–Crippen MR) is 510 cm³/mol. The number of thiazole rings is 5. The van der Waals surface area contributed by atoms with Gasteiger partial charge in [0.1, 0.15) is 54.7 Å². The zero-order chi connectivity index (χ0) is 88.0. The minimum atomic E-state index is -0.255. The molecule has 20 aromatic rings. The molecule has 4 aliphatic rings. The first-order valence-electron chi connectivity index (χ1n) is 42.9. The van der Waals surface area contributed by atoms with E-state index in [2.05, 4.69) is 134 Å². The number of pyridine rings is 5. The standard InChI is InChI=1S/C21H15FN4S.2C19H20N6S.C18H14N6OS.C18H19N5S/c1-13-18(17-6-2-3-12-26(17)25-13)21-24-19(14-7-9-15(22)10-8-14)20(27-21)16-5-4-11-23-16;2*1-12-15(14-9-5-6-10-25(14)24-12)19-22-16(13-7-3-2-4-8-13)17(26-19)18-20-11-21-23-18;1-11-14(13-5-3-4-7-24(13)21-11)18-20-15(12-6-8-25-9-12)16(26-18)17-19-10-23(2)22-17;1-11-13(12-7-5-6-10-23(12)22-11)17-21-15(18(2,3)4)14(24-17)16-19-8-9-20-16/h2-4,6-12H,5H2,1H3;2*5-6,9-11,13H,2-4,7-8H2,1H3,(H,20,21,23);3-10H,1-2H3;5-8,10H,9H2,1-4H3. The number of allylic oxidation sites excluding steroid dienone is 1. The molecule has 2 N–H and O–H groups in total. The van der Waals surface area contributed by atoms with Gasteiger partial charge in [-0.1, -0.05) is 95.7 Å². The molecule has 129 heavy (non-hydrogen) atoms. The first-order valence-corrected chi connectivity index (χ1v) is 47.0. The number of halogens is 1. The second kappa shape index (κ2) is 35.8. The Morgan fingerprint density at radius 1 is 0.450 bits per heavy atom. The molecule has 21 heterocycles. The third-order valence-corrected chi connectivity index (χ3v) is 28.6. The molecule has 0 atom stereocenters. The summed E-state index contributed by atoms with van der Waals surface area (Å²) in [4.78, 5) is 57.0. The number of nitrogens with one attached hydrogen (secondary N) is 2. The molecule has 28 nitrogen and oxygen atoms in total. The maximum Gasteiger partial charge on any atom is 0.193 e. The highest BCUT2D eigenvalue weighted by Crippen LogP contribution is 2.49. The van der Waals surface area contributed by atoms with E-state index in [1.807, 2.05) is 179 Å². The summed E-state index contributed by atoms with van der Waals surface area (Å²) in [6.07, 6.45) is 37.1. The molecule has 0 saturated heterocycles. The van der Waals surface area contributed by atoms with E-state index in [0.717, 1.165) is 191 Å². The van der Waals surface area contributed by atoms with Crippen LogP contribution < -0.4 is 0 Å². The Labute approximate surface area is 760 Å². The van der Waals surface area contributed by atoms with Crippen LogP contribution in [0.4, 0.5) is 4.39 Å². The minimum absolute atomic E-state index is 0.0679. The molecular formula is C95H88FN27OS5. The van der Waals surface area contributed by atoms with Crippen molar-refractivity contribution in [3.63, 3.8) is 0 Å². The van der Waals surface area contributed by atoms with Crippen molar-refractivity contribution in [1.82, 2.24) is 118 Å². The van der Waals surface area contributed by atoms with Crippen LogP contribution in [0.15, 0.2) is 215 Å². The minimum Gasteiger partial charge on any atom is -0.472 e. The summed E-state index contributed by atoms with van der Waals surface area (Å²) in [5.41, 5.74) is 23.4. The number of aromatic nitrogens is 24. The first-order chi connectivity index (χ1) is 63.0. The smallest absolute Gasteiger partial charge is 0.193 e. The number of hydrogen-bond acceptors (Lipinski definition) is 25. The summed E-state index contributed by atoms with van der Waals surface area (Å²) in [6, 6.07) is 38.8. The summed E-state index contributed by atoms with van der Waals surface area (Å²) in [7, 11) is 1.85. The van der Waals surface area contributed by atoms with Crippen LogP contribution in [0.3, 0.4) is 0 Å². The molecule has 34 heteroatoms. The van der Waals surface area contributed by atoms with Gasteiger partial charge in [-0.25, -0.2) is 71.8 Å². The Kier molecular flexibility index (Phi) is 23.1. The van der Waals surface area contributed by atoms with Crippen LogP contribution in [0.25, 0.3) is 135 Å². The number of aryl methyl sites for hydroxylation is 6. The highest BCUT2D eigenvalue weighted by atomic mass is 32.1. The number of hydrogen-bond donors (Lipinski definition) is 2. The molecule has 0 bridgehead atoms. The lowest BCUT2D eigenvalue weighted by molar-refractivity contribution is 0.438. The fraction of sp³-hybridized carbons (Fsp3) is 0.253. The van der Waals surface area contributed by atoms with Gasteiger partial charge in [-0.05, 0) is 151 Å². The molecule has 2 saturated carbocycles. The van der Waals surface area contributed by atoms with E-state index in [4.69, 9.17) is 29.3 Å². The van der Waals surface area contributed by atoms with Crippen LogP contribution >= 0.6 is 56.7 Å². The molecule has 19 aromatic heterocycles. The normalized spacial score (nSPS) is 14.2. The Balaban J connectivity index is 0.000000101. The van der Waals surface area contributed by atoms with Gasteiger partial charge in [-0.2, -0.15) is 40.8 Å². The van der Waals surface area contributed by atoms with Gasteiger partial charge >= 0.3 is 0 Å². The monoisotopic (exact) mass is 1800 g/mol. The number of amidine groups is 1. The first kappa shape index (κ1) is 83.4. The van der Waals surface area contributed by atoms with Crippen LogP contribution in [0.1, 0.15) is 159 Å². The van der Waals surface area contributed by atoms with Crippen molar-refractivity contribution in [2.45, 2.75) is 143 Å². The maximum absolute atomic E-state index is 13.4. The van der Waals surface area contributed by atoms with Crippen molar-refractivity contribution in [1.29, 1.82) is 0 Å². The maximum atomic E-state index is 13.4. The van der Waals surface area contributed by atoms with Gasteiger partial charge < -0.3 is 4.42 Å². The van der Waals surface area contributed by atoms with Crippen molar-refractivity contribution in [2.75, 3.05) is 6.54 Å². The largest absolute Gasteiger partial charge is 0.472 e. The van der Waals surface area contributed by atoms with E-state index in [-0.39, 0.29) is 11.2 Å². The van der Waals surface area contributed by atoms with Crippen LogP contribution in [-0.4, -0.2) is 142 Å². The van der Waals surface area contributed by atoms with E-state index in [9.17, 15) is 4.39 Å². The van der Waals surface area contributed by atoms with Crippen LogP contribution in [0.5, 0.6) is 0 Å². The fourth-order valence-electron chi connectivity index (χ4n) is 17.1. The van der Waals surface area contributed by atoms with E-state index in [1.165, 1.54) is 87.7 Å². The number of H-pyrrole nitrogens is 2. The van der Waals surface area contributed by atoms with E-state index < -0.39 is 0 Å². The van der Waals surface area contributed by atoms with Gasteiger partial charge in [0.2, 0.25) is 0 Å². The molecule has 24 rings (SSSR count). The summed E-state index contributed by atoms with van der Waals surface area (Å²) in [5.74, 6) is 3.87. The SMILES string of the molecule is Cc1nn2ccccc2c1-c1nc(-c2ccc(F)cc2)c(C2=NC=CC2)s1.Cc1nn2ccccc2c1-c1nc(-c2ccoc2)c(-c2ncn(C)n2)s1.Cc1nn2ccccc2c1-c1nc(C(C)(C)C)c(C2=NCC=N2)s1.Cc1nn2ccccc2c1-c1nc(C2CCCCC2)c(-c2ncn[nH]2)s1.Cc1nn2ccccc2c1-c1nc(C2CCCCC2)c(-c2ncn[nH]2)s1. The van der Waals surface area contributed by atoms with Gasteiger partial charge in [-0.15, -0.1) is 56.7 Å². The topological polar surface area (TPSA) is 315 Å². The average Bonchev–Trinajstić information content (AvgIpc) is 1.62. The van der Waals surface area contributed by atoms with Gasteiger partial charge in [0.05, 0.1) is 157 Å². The van der Waals surface area contributed by atoms with Gasteiger partial charge in [0.15, 0.2) is 23.3 Å². The lowest BCUT2D eigenvalue weighted by atomic mass is 9.86. The molecule has 2 aliphatic heterocycles. The number of furan rings is 1. The van der Waals surface area contributed by atoms with Crippen molar-refractivity contribution >= 4 is 102 Å². The van der Waals surface area contributed by atoms with Crippen LogP contribution in [0.2, 0.25) is 0 Å². The van der Waals surface area contributed by atoms with Crippen molar-refractivity contribution in [3.8, 4) is 107 Å². The van der Waals surface area contributed by atoms with Gasteiger partial charge in [0, 0.05) is 85.2 Å². The van der Waals surface area contributed by atoms with E-state index in [1.54, 1.807) is 105 Å². The Hall–Kier alpha value is -13.8. The number of fused-ring (bicyclic) bond motifs is 5. The Bertz CT molecular complexity index is 7390. The molecular weight excluding hydrogens is 1710 g/mol. The molecule has 2 fully saturated rings. The molecule has 1 aromatic carbocycles. The predicted octanol–water partition coefficient (Wildman–Crippen LogP) is 22.2. The van der Waals surface area contributed by atoms with E-state index >= 15 is 0 Å². The Morgan fingerprint density at radius 2 is 0.876 bits per heavy atom. The Morgan fingerprint density at radius 3 is 1.26 bits per heavy atom. The number of nitrogens with zero attached hydrogens (tertiary/aromatic N) is 25. The second-order valence-electron chi connectivity index (χ2n) is 33.0. The molecule has 0 unspecified atom stereocenters. The number of aromatic amines is 2. The summed E-state index contributed by atoms with van der Waals surface area (Å²) in [5, 5.41) is 46.6. The van der Waals surface area contributed by atoms with Crippen molar-refractivity contribution in [2.24, 2.45) is 22.0 Å². The summed E-state index contributed by atoms with van der Waals surface area (Å²) in [6.45, 7) is 17.3. The quantitative estimate of drug-likeness (QED) is 0.102. The number of rotatable bonds is 14. The highest BCUT2D eigenvalue weighted by molar-refractivity contribution is 7.20. The molecule has 0 spiro atoms. The molecule has 646 valence electrons. The van der Waals surface area contributed by atoms with Crippen molar-refractivity contribution < 1.29 is 8.81 Å². The van der Waals surface area contributed by atoms with Crippen molar-refractivity contribution in [3.05, 3.63) is 257 Å². The van der Waals surface area contributed by atoms with Crippen LogP contribution in [-0.2, 0) is 12.5 Å². The lowest BCUT2D eigenvalue weighted by Crippen LogP contribution is -2.15. The average molecular weight is 1800 g/mol. The third kappa shape index (κ3) is 16.7. The zero-order valence-corrected chi connectivity index (χ0v) is 76.3. The number of aliphatic imine (C=N–C) groups is 3. The van der Waals surface area contributed by atoms with Crippen LogP contribution in [0, 0.1) is 40.4 Å². The molecule has 0 radical (unpaired) electrons.